The first-order valence-electron chi connectivity index (χ1n) is 8.10. The highest BCUT2D eigenvalue weighted by Crippen LogP contribution is 2.22. The van der Waals surface area contributed by atoms with Crippen LogP contribution in [0.1, 0.15) is 12.5 Å². The van der Waals surface area contributed by atoms with Crippen LogP contribution in [0.3, 0.4) is 0 Å². The topological polar surface area (TPSA) is 73.2 Å². The van der Waals surface area contributed by atoms with Crippen molar-refractivity contribution >= 4 is 39.0 Å². The molecule has 0 atom stereocenters. The van der Waals surface area contributed by atoms with Crippen molar-refractivity contribution in [1.29, 1.82) is 0 Å². The zero-order valence-electron chi connectivity index (χ0n) is 14.4. The molecule has 2 aromatic carbocycles. The van der Waals surface area contributed by atoms with Crippen molar-refractivity contribution in [3.05, 3.63) is 70.3 Å². The van der Waals surface area contributed by atoms with E-state index in [9.17, 15) is 8.42 Å². The van der Waals surface area contributed by atoms with Crippen LogP contribution < -0.4 is 9.46 Å². The molecule has 0 saturated carbocycles. The van der Waals surface area contributed by atoms with E-state index in [1.807, 2.05) is 6.92 Å². The number of nitrogens with one attached hydrogen (secondary N) is 1. The third-order valence-electron chi connectivity index (χ3n) is 3.67. The summed E-state index contributed by atoms with van der Waals surface area (Å²) in [6, 6.07) is 13.0. The molecule has 0 radical (unpaired) electrons. The second kappa shape index (κ2) is 8.21. The molecule has 1 N–H and O–H groups in total. The zero-order valence-corrected chi connectivity index (χ0v) is 16.7. The molecular weight excluding hydrogens is 409 g/mol. The summed E-state index contributed by atoms with van der Waals surface area (Å²) in [5, 5.41) is 5.31. The van der Waals surface area contributed by atoms with Gasteiger partial charge in [0.15, 0.2) is 5.82 Å². The molecule has 1 aromatic heterocycles. The summed E-state index contributed by atoms with van der Waals surface area (Å²) < 4.78 is 34.4. The van der Waals surface area contributed by atoms with Crippen LogP contribution in [0.4, 0.5) is 5.82 Å². The summed E-state index contributed by atoms with van der Waals surface area (Å²) in [5.74, 6) is 0.828. The molecule has 3 rings (SSSR count). The minimum Gasteiger partial charge on any atom is -0.494 e. The van der Waals surface area contributed by atoms with Gasteiger partial charge < -0.3 is 4.74 Å². The SMILES string of the molecule is CCOc1ccc(S(=O)(=O)Nc2ccn(Cc3ccc(Cl)cc3Cl)n2)cc1. The summed E-state index contributed by atoms with van der Waals surface area (Å²) in [4.78, 5) is 0.126. The third-order valence-corrected chi connectivity index (χ3v) is 5.63. The summed E-state index contributed by atoms with van der Waals surface area (Å²) in [7, 11) is -3.74. The molecule has 1 heterocycles. The van der Waals surface area contributed by atoms with Gasteiger partial charge in [0.05, 0.1) is 18.0 Å². The monoisotopic (exact) mass is 425 g/mol. The Bertz CT molecular complexity index is 1030. The number of benzene rings is 2. The van der Waals surface area contributed by atoms with Crippen molar-refractivity contribution in [2.75, 3.05) is 11.3 Å². The molecule has 142 valence electrons. The van der Waals surface area contributed by atoms with Crippen molar-refractivity contribution in [3.63, 3.8) is 0 Å². The minimum atomic E-state index is -3.74. The number of anilines is 1. The summed E-state index contributed by atoms with van der Waals surface area (Å²) >= 11 is 12.1. The molecule has 9 heteroatoms. The number of sulfonamides is 1. The highest BCUT2D eigenvalue weighted by Gasteiger charge is 2.16. The lowest BCUT2D eigenvalue weighted by Gasteiger charge is -2.08. The van der Waals surface area contributed by atoms with Gasteiger partial charge in [-0.3, -0.25) is 9.40 Å². The number of ether oxygens (including phenoxy) is 1. The van der Waals surface area contributed by atoms with E-state index in [0.717, 1.165) is 5.56 Å². The van der Waals surface area contributed by atoms with Crippen molar-refractivity contribution in [3.8, 4) is 5.75 Å². The van der Waals surface area contributed by atoms with Crippen LogP contribution in [0.25, 0.3) is 0 Å². The smallest absolute Gasteiger partial charge is 0.263 e. The van der Waals surface area contributed by atoms with Gasteiger partial charge in [0.1, 0.15) is 5.75 Å². The average molecular weight is 426 g/mol. The van der Waals surface area contributed by atoms with Gasteiger partial charge in [-0.25, -0.2) is 8.42 Å². The second-order valence-corrected chi connectivity index (χ2v) is 8.17. The van der Waals surface area contributed by atoms with Crippen LogP contribution in [0.2, 0.25) is 10.0 Å². The highest BCUT2D eigenvalue weighted by atomic mass is 35.5. The quantitative estimate of drug-likeness (QED) is 0.607. The Hall–Kier alpha value is -2.22. The largest absolute Gasteiger partial charge is 0.494 e. The Morgan fingerprint density at radius 1 is 1.11 bits per heavy atom. The van der Waals surface area contributed by atoms with Crippen LogP contribution in [0.5, 0.6) is 5.75 Å². The van der Waals surface area contributed by atoms with E-state index >= 15 is 0 Å². The molecule has 0 aliphatic heterocycles. The van der Waals surface area contributed by atoms with Gasteiger partial charge in [-0.2, -0.15) is 5.10 Å². The van der Waals surface area contributed by atoms with Crippen molar-refractivity contribution in [2.24, 2.45) is 0 Å². The first kappa shape index (κ1) is 19.5. The maximum Gasteiger partial charge on any atom is 0.263 e. The van der Waals surface area contributed by atoms with Gasteiger partial charge in [0, 0.05) is 22.3 Å². The minimum absolute atomic E-state index is 0.126. The first-order chi connectivity index (χ1) is 12.9. The van der Waals surface area contributed by atoms with Gasteiger partial charge in [0.25, 0.3) is 10.0 Å². The van der Waals surface area contributed by atoms with E-state index in [4.69, 9.17) is 27.9 Å². The molecule has 6 nitrogen and oxygen atoms in total. The third kappa shape index (κ3) is 4.94. The number of nitrogens with zero attached hydrogens (tertiary/aromatic N) is 2. The number of hydrogen-bond acceptors (Lipinski definition) is 4. The fourth-order valence-corrected chi connectivity index (χ4v) is 3.87. The molecule has 0 bridgehead atoms. The lowest BCUT2D eigenvalue weighted by molar-refractivity contribution is 0.340. The van der Waals surface area contributed by atoms with Gasteiger partial charge in [-0.1, -0.05) is 29.3 Å². The predicted octanol–water partition coefficient (Wildman–Crippen LogP) is 4.44. The first-order valence-corrected chi connectivity index (χ1v) is 10.3. The molecular formula is C18H17Cl2N3O3S. The highest BCUT2D eigenvalue weighted by molar-refractivity contribution is 7.92. The van der Waals surface area contributed by atoms with Gasteiger partial charge in [-0.15, -0.1) is 0 Å². The Morgan fingerprint density at radius 2 is 1.85 bits per heavy atom. The Balaban J connectivity index is 1.72. The molecule has 0 unspecified atom stereocenters. The van der Waals surface area contributed by atoms with Crippen molar-refractivity contribution < 1.29 is 13.2 Å². The molecule has 3 aromatic rings. The summed E-state index contributed by atoms with van der Waals surface area (Å²) in [6.07, 6.45) is 1.67. The Labute approximate surface area is 167 Å². The van der Waals surface area contributed by atoms with Gasteiger partial charge in [0.2, 0.25) is 0 Å². The molecule has 0 aliphatic rings. The van der Waals surface area contributed by atoms with Crippen molar-refractivity contribution in [1.82, 2.24) is 9.78 Å². The number of rotatable bonds is 7. The lowest BCUT2D eigenvalue weighted by atomic mass is 10.2. The zero-order chi connectivity index (χ0) is 19.4. The fourth-order valence-electron chi connectivity index (χ4n) is 2.41. The summed E-state index contributed by atoms with van der Waals surface area (Å²) in [5.41, 5.74) is 0.824. The summed E-state index contributed by atoms with van der Waals surface area (Å²) in [6.45, 7) is 2.76. The van der Waals surface area contributed by atoms with Crippen LogP contribution in [-0.4, -0.2) is 24.8 Å². The second-order valence-electron chi connectivity index (χ2n) is 5.64. The van der Waals surface area contributed by atoms with Crippen LogP contribution in [-0.2, 0) is 16.6 Å². The molecule has 0 spiro atoms. The number of hydrogen-bond donors (Lipinski definition) is 1. The average Bonchev–Trinajstić information content (AvgIpc) is 3.04. The Kier molecular flexibility index (Phi) is 5.94. The van der Waals surface area contributed by atoms with E-state index < -0.39 is 10.0 Å². The van der Waals surface area contributed by atoms with E-state index in [2.05, 4.69) is 9.82 Å². The normalized spacial score (nSPS) is 11.4. The Morgan fingerprint density at radius 3 is 2.52 bits per heavy atom. The molecule has 0 aliphatic carbocycles. The van der Waals surface area contributed by atoms with Crippen LogP contribution in [0.15, 0.2) is 59.6 Å². The molecule has 0 amide bonds. The number of aromatic nitrogens is 2. The molecule has 0 fully saturated rings. The van der Waals surface area contributed by atoms with E-state index in [1.165, 1.54) is 12.1 Å². The fraction of sp³-hybridized carbons (Fsp3) is 0.167. The van der Waals surface area contributed by atoms with Gasteiger partial charge in [-0.05, 0) is 48.9 Å². The predicted molar refractivity (Wildman–Crippen MR) is 106 cm³/mol. The maximum absolute atomic E-state index is 12.5. The number of halogens is 2. The molecule has 0 saturated heterocycles. The standard InChI is InChI=1S/C18H17Cl2N3O3S/c1-2-26-15-5-7-16(8-6-15)27(24,25)22-18-9-10-23(21-18)12-13-3-4-14(19)11-17(13)20/h3-11H,2,12H2,1H3,(H,21,22). The van der Waals surface area contributed by atoms with E-state index in [1.54, 1.807) is 47.3 Å². The van der Waals surface area contributed by atoms with Crippen LogP contribution in [0, 0.1) is 0 Å². The van der Waals surface area contributed by atoms with Gasteiger partial charge >= 0.3 is 0 Å². The molecule has 27 heavy (non-hydrogen) atoms. The lowest BCUT2D eigenvalue weighted by Crippen LogP contribution is -2.13. The van der Waals surface area contributed by atoms with Crippen molar-refractivity contribution in [2.45, 2.75) is 18.4 Å². The van der Waals surface area contributed by atoms with Crippen LogP contribution >= 0.6 is 23.2 Å². The van der Waals surface area contributed by atoms with E-state index in [0.29, 0.717) is 28.9 Å². The van der Waals surface area contributed by atoms with E-state index in [-0.39, 0.29) is 10.7 Å². The maximum atomic E-state index is 12.5.